The highest BCUT2D eigenvalue weighted by atomic mass is 19.1. The lowest BCUT2D eigenvalue weighted by molar-refractivity contribution is 0.0704. The molecule has 1 aromatic carbocycles. The average Bonchev–Trinajstić information content (AvgIpc) is 3.19. The Kier molecular flexibility index (Phi) is 3.30. The van der Waals surface area contributed by atoms with E-state index in [0.29, 0.717) is 11.4 Å². The predicted octanol–water partition coefficient (Wildman–Crippen LogP) is 3.20. The largest absolute Gasteiger partial charge is 0.422 e. The molecular weight excluding hydrogens is 387 g/mol. The number of fused-ring (bicyclic) bond motifs is 4. The Morgan fingerprint density at radius 3 is 2.67 bits per heavy atom. The average molecular weight is 402 g/mol. The molecule has 148 valence electrons. The molecule has 0 saturated heterocycles. The zero-order valence-corrected chi connectivity index (χ0v) is 15.9. The highest BCUT2D eigenvalue weighted by Gasteiger charge is 2.53. The number of nitrogens with zero attached hydrogens (tertiary/aromatic N) is 6. The highest BCUT2D eigenvalue weighted by Crippen LogP contribution is 2.54. The number of pyridine rings is 1. The van der Waals surface area contributed by atoms with Crippen molar-refractivity contribution in [3.8, 4) is 28.4 Å². The smallest absolute Gasteiger partial charge is 0.273 e. The second kappa shape index (κ2) is 5.82. The molecule has 3 aromatic heterocycles. The van der Waals surface area contributed by atoms with E-state index in [-0.39, 0.29) is 17.3 Å². The topological polar surface area (TPSA) is 89.9 Å². The standard InChI is InChI=1S/C21H15FN6O2/c1-27-20(29)17-9-15(19-25-24-11-30-19)26-28(17)16-8-12(13-3-5-18(22)23-10-13)2-4-14(16)21(27)6-7-21/h2-5,8-11H,6-7H2,1H3. The number of carbonyl (C=O) groups excluding carboxylic acids is 1. The minimum absolute atomic E-state index is 0.119. The number of hydrogen-bond acceptors (Lipinski definition) is 6. The molecule has 0 atom stereocenters. The molecule has 6 rings (SSSR count). The minimum Gasteiger partial charge on any atom is -0.422 e. The van der Waals surface area contributed by atoms with Gasteiger partial charge in [0.15, 0.2) is 5.69 Å². The van der Waals surface area contributed by atoms with Crippen molar-refractivity contribution in [1.29, 1.82) is 0 Å². The van der Waals surface area contributed by atoms with Crippen molar-refractivity contribution in [2.75, 3.05) is 7.05 Å². The van der Waals surface area contributed by atoms with Crippen LogP contribution in [0.4, 0.5) is 4.39 Å². The molecule has 1 aliphatic heterocycles. The van der Waals surface area contributed by atoms with Gasteiger partial charge in [0.2, 0.25) is 12.3 Å². The van der Waals surface area contributed by atoms with E-state index < -0.39 is 5.95 Å². The molecule has 30 heavy (non-hydrogen) atoms. The van der Waals surface area contributed by atoms with Gasteiger partial charge in [0, 0.05) is 30.4 Å². The van der Waals surface area contributed by atoms with Crippen LogP contribution in [0.5, 0.6) is 0 Å². The van der Waals surface area contributed by atoms with Crippen molar-refractivity contribution >= 4 is 5.91 Å². The van der Waals surface area contributed by atoms with Gasteiger partial charge in [-0.15, -0.1) is 10.2 Å². The molecule has 1 amide bonds. The second-order valence-corrected chi connectivity index (χ2v) is 7.57. The van der Waals surface area contributed by atoms with Gasteiger partial charge >= 0.3 is 0 Å². The van der Waals surface area contributed by atoms with Gasteiger partial charge in [0.25, 0.3) is 11.8 Å². The molecule has 0 radical (unpaired) electrons. The summed E-state index contributed by atoms with van der Waals surface area (Å²) in [6, 6.07) is 10.6. The van der Waals surface area contributed by atoms with Gasteiger partial charge in [0.1, 0.15) is 5.69 Å². The zero-order valence-electron chi connectivity index (χ0n) is 15.9. The summed E-state index contributed by atoms with van der Waals surface area (Å²) in [6.07, 6.45) is 4.49. The van der Waals surface area contributed by atoms with Crippen molar-refractivity contribution in [1.82, 2.24) is 29.9 Å². The van der Waals surface area contributed by atoms with Crippen molar-refractivity contribution < 1.29 is 13.6 Å². The Labute approximate surface area is 170 Å². The summed E-state index contributed by atoms with van der Waals surface area (Å²) < 4.78 is 20.2. The molecule has 0 bridgehead atoms. The monoisotopic (exact) mass is 402 g/mol. The third kappa shape index (κ3) is 2.28. The fraction of sp³-hybridized carbons (Fsp3) is 0.190. The fourth-order valence-electron chi connectivity index (χ4n) is 4.20. The third-order valence-electron chi connectivity index (χ3n) is 5.97. The van der Waals surface area contributed by atoms with Crippen LogP contribution in [0, 0.1) is 5.95 Å². The number of aromatic nitrogens is 5. The predicted molar refractivity (Wildman–Crippen MR) is 103 cm³/mol. The Bertz CT molecular complexity index is 1290. The summed E-state index contributed by atoms with van der Waals surface area (Å²) in [7, 11) is 1.83. The maximum atomic E-state index is 13.3. The van der Waals surface area contributed by atoms with E-state index in [1.807, 2.05) is 25.2 Å². The van der Waals surface area contributed by atoms with Gasteiger partial charge in [-0.05, 0) is 36.6 Å². The second-order valence-electron chi connectivity index (χ2n) is 7.57. The summed E-state index contributed by atoms with van der Waals surface area (Å²) in [5.74, 6) is -0.407. The lowest BCUT2D eigenvalue weighted by Gasteiger charge is -2.27. The summed E-state index contributed by atoms with van der Waals surface area (Å²) >= 11 is 0. The van der Waals surface area contributed by atoms with E-state index >= 15 is 0 Å². The highest BCUT2D eigenvalue weighted by molar-refractivity contribution is 5.96. The summed E-state index contributed by atoms with van der Waals surface area (Å²) in [5.41, 5.74) is 3.97. The van der Waals surface area contributed by atoms with Crippen molar-refractivity contribution in [3.63, 3.8) is 0 Å². The molecule has 0 unspecified atom stereocenters. The van der Waals surface area contributed by atoms with E-state index in [0.717, 1.165) is 35.2 Å². The van der Waals surface area contributed by atoms with Crippen LogP contribution in [-0.2, 0) is 5.54 Å². The van der Waals surface area contributed by atoms with Gasteiger partial charge < -0.3 is 9.32 Å². The first-order valence-corrected chi connectivity index (χ1v) is 9.48. The first kappa shape index (κ1) is 17.0. The molecule has 8 nitrogen and oxygen atoms in total. The van der Waals surface area contributed by atoms with E-state index in [9.17, 15) is 9.18 Å². The lowest BCUT2D eigenvalue weighted by Crippen LogP contribution is -2.36. The normalized spacial score (nSPS) is 16.3. The van der Waals surface area contributed by atoms with Crippen molar-refractivity contribution in [2.24, 2.45) is 0 Å². The summed E-state index contributed by atoms with van der Waals surface area (Å²) in [4.78, 5) is 18.8. The van der Waals surface area contributed by atoms with E-state index in [1.165, 1.54) is 18.7 Å². The number of rotatable bonds is 2. The van der Waals surface area contributed by atoms with Crippen molar-refractivity contribution in [3.05, 3.63) is 66.2 Å². The van der Waals surface area contributed by atoms with Crippen LogP contribution < -0.4 is 0 Å². The molecule has 1 spiro atoms. The molecule has 9 heteroatoms. The summed E-state index contributed by atoms with van der Waals surface area (Å²) in [5, 5.41) is 12.2. The van der Waals surface area contributed by atoms with Crippen LogP contribution in [-0.4, -0.2) is 42.8 Å². The van der Waals surface area contributed by atoms with Gasteiger partial charge in [-0.25, -0.2) is 9.67 Å². The fourth-order valence-corrected chi connectivity index (χ4v) is 4.20. The van der Waals surface area contributed by atoms with Crippen LogP contribution in [0.25, 0.3) is 28.4 Å². The van der Waals surface area contributed by atoms with Crippen LogP contribution in [0.2, 0.25) is 0 Å². The quantitative estimate of drug-likeness (QED) is 0.479. The van der Waals surface area contributed by atoms with E-state index in [2.05, 4.69) is 20.3 Å². The molecule has 1 aliphatic carbocycles. The van der Waals surface area contributed by atoms with Gasteiger partial charge in [0.05, 0.1) is 11.2 Å². The number of halogens is 1. The Morgan fingerprint density at radius 2 is 1.97 bits per heavy atom. The van der Waals surface area contributed by atoms with Gasteiger partial charge in [-0.3, -0.25) is 4.79 Å². The maximum absolute atomic E-state index is 13.3. The number of benzene rings is 1. The van der Waals surface area contributed by atoms with Crippen LogP contribution in [0.1, 0.15) is 28.9 Å². The van der Waals surface area contributed by atoms with Gasteiger partial charge in [-0.2, -0.15) is 9.49 Å². The molecular formula is C21H15FN6O2. The molecule has 0 N–H and O–H groups in total. The number of amides is 1. The molecule has 4 heterocycles. The molecule has 1 saturated carbocycles. The van der Waals surface area contributed by atoms with E-state index in [4.69, 9.17) is 4.42 Å². The molecule has 2 aliphatic rings. The third-order valence-corrected chi connectivity index (χ3v) is 5.97. The van der Waals surface area contributed by atoms with Crippen LogP contribution in [0.3, 0.4) is 0 Å². The van der Waals surface area contributed by atoms with Gasteiger partial charge in [-0.1, -0.05) is 12.1 Å². The number of hydrogen-bond donors (Lipinski definition) is 0. The van der Waals surface area contributed by atoms with Crippen LogP contribution >= 0.6 is 0 Å². The number of carbonyl (C=O) groups is 1. The molecule has 1 fully saturated rings. The molecule has 4 aromatic rings. The lowest BCUT2D eigenvalue weighted by atomic mass is 9.97. The first-order chi connectivity index (χ1) is 14.6. The minimum atomic E-state index is -0.531. The Balaban J connectivity index is 1.59. The van der Waals surface area contributed by atoms with E-state index in [1.54, 1.807) is 21.7 Å². The Hall–Kier alpha value is -3.88. The summed E-state index contributed by atoms with van der Waals surface area (Å²) in [6.45, 7) is 0. The SMILES string of the molecule is CN1C(=O)c2cc(-c3nnco3)nn2-c2cc(-c3ccc(F)nc3)ccc2C12CC2. The first-order valence-electron chi connectivity index (χ1n) is 9.48. The maximum Gasteiger partial charge on any atom is 0.273 e. The zero-order chi connectivity index (χ0) is 20.5. The van der Waals surface area contributed by atoms with Crippen molar-refractivity contribution in [2.45, 2.75) is 18.4 Å². The van der Waals surface area contributed by atoms with Crippen LogP contribution in [0.15, 0.2) is 53.4 Å². The Morgan fingerprint density at radius 1 is 1.13 bits per heavy atom.